The third-order valence-electron chi connectivity index (χ3n) is 2.62. The number of nitrogens with zero attached hydrogens (tertiary/aromatic N) is 1. The molecule has 2 rings (SSSR count). The molecule has 0 fully saturated rings. The molecule has 0 saturated carbocycles. The molecule has 3 N–H and O–H groups in total. The number of carboxylic acids is 1. The standard InChI is InChI=1S/C13H13N3O3S/c1-8-11(20-7-15-8)6-14-13(19)16-10-4-2-3-9(5-10)12(17)18/h2-5,7H,6H2,1H3,(H,17,18)(H2,14,16,19). The van der Waals surface area contributed by atoms with Crippen LogP contribution in [0.2, 0.25) is 0 Å². The summed E-state index contributed by atoms with van der Waals surface area (Å²) in [5.41, 5.74) is 3.17. The van der Waals surface area contributed by atoms with Gasteiger partial charge in [-0.15, -0.1) is 11.3 Å². The van der Waals surface area contributed by atoms with Crippen molar-refractivity contribution in [2.24, 2.45) is 0 Å². The minimum atomic E-state index is -1.03. The van der Waals surface area contributed by atoms with Crippen LogP contribution in [0.1, 0.15) is 20.9 Å². The van der Waals surface area contributed by atoms with Crippen LogP contribution < -0.4 is 10.6 Å². The predicted octanol–water partition coefficient (Wildman–Crippen LogP) is 2.47. The fraction of sp³-hybridized carbons (Fsp3) is 0.154. The van der Waals surface area contributed by atoms with Gasteiger partial charge in [0.2, 0.25) is 0 Å². The number of amides is 2. The highest BCUT2D eigenvalue weighted by Gasteiger charge is 2.07. The SMILES string of the molecule is Cc1ncsc1CNC(=O)Nc1cccc(C(=O)O)c1. The lowest BCUT2D eigenvalue weighted by Gasteiger charge is -2.07. The zero-order valence-corrected chi connectivity index (χ0v) is 11.5. The third-order valence-corrected chi connectivity index (χ3v) is 3.56. The number of hydrogen-bond donors (Lipinski definition) is 3. The first-order chi connectivity index (χ1) is 9.56. The van der Waals surface area contributed by atoms with Crippen LogP contribution in [0, 0.1) is 6.92 Å². The number of rotatable bonds is 4. The summed E-state index contributed by atoms with van der Waals surface area (Å²) < 4.78 is 0. The van der Waals surface area contributed by atoms with Crippen molar-refractivity contribution in [3.8, 4) is 0 Å². The summed E-state index contributed by atoms with van der Waals surface area (Å²) in [5.74, 6) is -1.03. The molecule has 0 atom stereocenters. The van der Waals surface area contributed by atoms with Crippen molar-refractivity contribution in [2.75, 3.05) is 5.32 Å². The Morgan fingerprint density at radius 3 is 2.85 bits per heavy atom. The van der Waals surface area contributed by atoms with E-state index in [2.05, 4.69) is 15.6 Å². The van der Waals surface area contributed by atoms with E-state index in [4.69, 9.17) is 5.11 Å². The number of aromatic nitrogens is 1. The average molecular weight is 291 g/mol. The number of urea groups is 1. The van der Waals surface area contributed by atoms with Crippen molar-refractivity contribution in [3.05, 3.63) is 45.9 Å². The van der Waals surface area contributed by atoms with Crippen molar-refractivity contribution >= 4 is 29.0 Å². The molecule has 0 aliphatic carbocycles. The molecule has 0 radical (unpaired) electrons. The van der Waals surface area contributed by atoms with E-state index in [0.29, 0.717) is 12.2 Å². The molecule has 0 saturated heterocycles. The Kier molecular flexibility index (Phi) is 4.31. The summed E-state index contributed by atoms with van der Waals surface area (Å²) in [4.78, 5) is 27.6. The summed E-state index contributed by atoms with van der Waals surface area (Å²) in [7, 11) is 0. The molecule has 1 aromatic heterocycles. The van der Waals surface area contributed by atoms with Crippen LogP contribution in [0.25, 0.3) is 0 Å². The van der Waals surface area contributed by atoms with E-state index >= 15 is 0 Å². The highest BCUT2D eigenvalue weighted by atomic mass is 32.1. The topological polar surface area (TPSA) is 91.3 Å². The Balaban J connectivity index is 1.93. The number of carbonyl (C=O) groups is 2. The smallest absolute Gasteiger partial charge is 0.335 e. The molecule has 1 aromatic carbocycles. The summed E-state index contributed by atoms with van der Waals surface area (Å²) in [6.45, 7) is 2.27. The van der Waals surface area contributed by atoms with E-state index in [-0.39, 0.29) is 11.6 Å². The van der Waals surface area contributed by atoms with Gasteiger partial charge in [-0.05, 0) is 25.1 Å². The zero-order chi connectivity index (χ0) is 14.5. The molecule has 0 unspecified atom stereocenters. The Hall–Kier alpha value is -2.41. The maximum atomic E-state index is 11.7. The lowest BCUT2D eigenvalue weighted by molar-refractivity contribution is 0.0697. The molecular weight excluding hydrogens is 278 g/mol. The minimum absolute atomic E-state index is 0.126. The zero-order valence-electron chi connectivity index (χ0n) is 10.7. The van der Waals surface area contributed by atoms with Gasteiger partial charge in [-0.1, -0.05) is 6.07 Å². The number of hydrogen-bond acceptors (Lipinski definition) is 4. The van der Waals surface area contributed by atoms with Gasteiger partial charge in [0.05, 0.1) is 23.3 Å². The second kappa shape index (κ2) is 6.16. The maximum absolute atomic E-state index is 11.7. The summed E-state index contributed by atoms with van der Waals surface area (Å²) in [6, 6.07) is 5.68. The summed E-state index contributed by atoms with van der Waals surface area (Å²) >= 11 is 1.47. The molecule has 0 aliphatic heterocycles. The van der Waals surface area contributed by atoms with Crippen LogP contribution in [0.3, 0.4) is 0 Å². The van der Waals surface area contributed by atoms with Crippen molar-refractivity contribution in [3.63, 3.8) is 0 Å². The molecule has 7 heteroatoms. The number of aromatic carboxylic acids is 1. The van der Waals surface area contributed by atoms with Gasteiger partial charge >= 0.3 is 12.0 Å². The molecule has 104 valence electrons. The number of carbonyl (C=O) groups excluding carboxylic acids is 1. The van der Waals surface area contributed by atoms with Gasteiger partial charge < -0.3 is 15.7 Å². The van der Waals surface area contributed by atoms with E-state index < -0.39 is 5.97 Å². The second-order valence-corrected chi connectivity index (χ2v) is 4.99. The average Bonchev–Trinajstić information content (AvgIpc) is 2.82. The maximum Gasteiger partial charge on any atom is 0.335 e. The van der Waals surface area contributed by atoms with E-state index in [0.717, 1.165) is 10.6 Å². The number of carboxylic acid groups (broad SMARTS) is 1. The third kappa shape index (κ3) is 3.55. The summed E-state index contributed by atoms with van der Waals surface area (Å²) in [6.07, 6.45) is 0. The van der Waals surface area contributed by atoms with Crippen LogP contribution in [-0.4, -0.2) is 22.1 Å². The van der Waals surface area contributed by atoms with E-state index in [1.165, 1.54) is 23.5 Å². The Labute approximate surface area is 119 Å². The number of anilines is 1. The Morgan fingerprint density at radius 2 is 2.20 bits per heavy atom. The van der Waals surface area contributed by atoms with Crippen LogP contribution in [0.4, 0.5) is 10.5 Å². The molecule has 2 aromatic rings. The van der Waals surface area contributed by atoms with Crippen molar-refractivity contribution in [1.82, 2.24) is 10.3 Å². The number of benzene rings is 1. The predicted molar refractivity (Wildman–Crippen MR) is 76.1 cm³/mol. The number of thiazole rings is 1. The largest absolute Gasteiger partial charge is 0.478 e. The molecule has 0 aliphatic rings. The molecule has 6 nitrogen and oxygen atoms in total. The molecule has 1 heterocycles. The first kappa shape index (κ1) is 14.0. The van der Waals surface area contributed by atoms with Gasteiger partial charge in [0.1, 0.15) is 0 Å². The lowest BCUT2D eigenvalue weighted by Crippen LogP contribution is -2.28. The molecular formula is C13H13N3O3S. The molecule has 20 heavy (non-hydrogen) atoms. The molecule has 2 amide bonds. The quantitative estimate of drug-likeness (QED) is 0.807. The van der Waals surface area contributed by atoms with Crippen LogP contribution in [0.5, 0.6) is 0 Å². The molecule has 0 bridgehead atoms. The fourth-order valence-corrected chi connectivity index (χ4v) is 2.28. The van der Waals surface area contributed by atoms with E-state index in [1.807, 2.05) is 6.92 Å². The fourth-order valence-electron chi connectivity index (χ4n) is 1.56. The highest BCUT2D eigenvalue weighted by Crippen LogP contribution is 2.12. The number of aryl methyl sites for hydroxylation is 1. The van der Waals surface area contributed by atoms with E-state index in [1.54, 1.807) is 17.6 Å². The van der Waals surface area contributed by atoms with Gasteiger partial charge in [0.15, 0.2) is 0 Å². The van der Waals surface area contributed by atoms with Crippen LogP contribution >= 0.6 is 11.3 Å². The van der Waals surface area contributed by atoms with Crippen LogP contribution in [-0.2, 0) is 6.54 Å². The second-order valence-electron chi connectivity index (χ2n) is 4.05. The monoisotopic (exact) mass is 291 g/mol. The van der Waals surface area contributed by atoms with Gasteiger partial charge in [0.25, 0.3) is 0 Å². The van der Waals surface area contributed by atoms with Crippen molar-refractivity contribution in [1.29, 1.82) is 0 Å². The lowest BCUT2D eigenvalue weighted by atomic mass is 10.2. The van der Waals surface area contributed by atoms with Gasteiger partial charge in [-0.2, -0.15) is 0 Å². The van der Waals surface area contributed by atoms with Crippen LogP contribution in [0.15, 0.2) is 29.8 Å². The summed E-state index contributed by atoms with van der Waals surface area (Å²) in [5, 5.41) is 14.2. The first-order valence-electron chi connectivity index (χ1n) is 5.83. The van der Waals surface area contributed by atoms with E-state index in [9.17, 15) is 9.59 Å². The van der Waals surface area contributed by atoms with Crippen molar-refractivity contribution in [2.45, 2.75) is 13.5 Å². The normalized spacial score (nSPS) is 10.1. The van der Waals surface area contributed by atoms with Gasteiger partial charge in [-0.3, -0.25) is 0 Å². The van der Waals surface area contributed by atoms with Gasteiger partial charge in [-0.25, -0.2) is 14.6 Å². The van der Waals surface area contributed by atoms with Gasteiger partial charge in [0, 0.05) is 10.6 Å². The molecule has 0 spiro atoms. The number of nitrogens with one attached hydrogen (secondary N) is 2. The highest BCUT2D eigenvalue weighted by molar-refractivity contribution is 7.09. The van der Waals surface area contributed by atoms with Crippen molar-refractivity contribution < 1.29 is 14.7 Å². The Morgan fingerprint density at radius 1 is 1.40 bits per heavy atom. The minimum Gasteiger partial charge on any atom is -0.478 e. The Bertz CT molecular complexity index is 639. The first-order valence-corrected chi connectivity index (χ1v) is 6.71.